The Labute approximate surface area is 249 Å². The van der Waals surface area contributed by atoms with E-state index in [1.807, 2.05) is 0 Å². The van der Waals surface area contributed by atoms with E-state index in [4.69, 9.17) is 4.42 Å². The van der Waals surface area contributed by atoms with Gasteiger partial charge in [-0.25, -0.2) is 12.7 Å². The van der Waals surface area contributed by atoms with Gasteiger partial charge in [0.1, 0.15) is 5.76 Å². The monoisotopic (exact) mass is 627 g/mol. The Balaban J connectivity index is 1.44. The van der Waals surface area contributed by atoms with Gasteiger partial charge in [0.2, 0.25) is 11.6 Å². The summed E-state index contributed by atoms with van der Waals surface area (Å²) in [7, 11) is 1.12. The lowest BCUT2D eigenvalue weighted by molar-refractivity contribution is 0.152. The van der Waals surface area contributed by atoms with Crippen LogP contribution in [-0.4, -0.2) is 94.8 Å². The van der Waals surface area contributed by atoms with Crippen molar-refractivity contribution < 1.29 is 22.5 Å². The van der Waals surface area contributed by atoms with E-state index in [1.54, 1.807) is 6.26 Å². The van der Waals surface area contributed by atoms with Gasteiger partial charge in [-0.3, -0.25) is 0 Å². The van der Waals surface area contributed by atoms with E-state index in [2.05, 4.69) is 63.1 Å². The Kier molecular flexibility index (Phi) is 9.99. The standard InChI is InChI=1S/C26H41N7O5S3/c1-26(2,3)22(20-15-18(16-38-20)9-7-8-10-33-13-11-32(6)12-14-33)28-24-23(29-40(35)30-24)27-19-17-39-25(21(19)34)41(36,37)31(4)5/h15-17,22,34H,7-14H2,1-6H3,(H,27,29)(H,28,30)/t22-,40?/m0/s1. The number of hydrogen-bond donors (Lipinski definition) is 3. The molecule has 3 aromatic heterocycles. The van der Waals surface area contributed by atoms with Crippen LogP contribution in [0.2, 0.25) is 0 Å². The molecule has 0 aromatic carbocycles. The van der Waals surface area contributed by atoms with Crippen molar-refractivity contribution in [3.05, 3.63) is 29.0 Å². The van der Waals surface area contributed by atoms with Crippen LogP contribution in [0.15, 0.2) is 26.3 Å². The number of piperazine rings is 1. The first-order valence-corrected chi connectivity index (χ1v) is 17.0. The number of likely N-dealkylation sites (N-methyl/N-ethyl adjacent to an activating group) is 1. The number of aryl methyl sites for hydroxylation is 1. The third-order valence-corrected chi connectivity index (χ3v) is 11.1. The third-order valence-electron chi connectivity index (χ3n) is 7.15. The lowest BCUT2D eigenvalue weighted by Crippen LogP contribution is -2.44. The summed E-state index contributed by atoms with van der Waals surface area (Å²) >= 11 is -0.998. The van der Waals surface area contributed by atoms with Gasteiger partial charge in [-0.15, -0.1) is 11.3 Å². The highest BCUT2D eigenvalue weighted by atomic mass is 32.2. The van der Waals surface area contributed by atoms with Crippen LogP contribution in [0.3, 0.4) is 0 Å². The van der Waals surface area contributed by atoms with E-state index in [-0.39, 0.29) is 33.0 Å². The van der Waals surface area contributed by atoms with Crippen LogP contribution in [0.4, 0.5) is 17.3 Å². The first-order chi connectivity index (χ1) is 19.3. The highest BCUT2D eigenvalue weighted by Gasteiger charge is 2.33. The number of aromatic hydroxyl groups is 1. The number of sulfonamides is 1. The number of hydrogen-bond acceptors (Lipinski definition) is 12. The second kappa shape index (κ2) is 12.9. The van der Waals surface area contributed by atoms with Crippen LogP contribution in [-0.2, 0) is 16.4 Å². The van der Waals surface area contributed by atoms with E-state index in [9.17, 15) is 18.1 Å². The fourth-order valence-corrected chi connectivity index (χ4v) is 7.61. The maximum atomic E-state index is 12.5. The van der Waals surface area contributed by atoms with Crippen molar-refractivity contribution in [3.63, 3.8) is 0 Å². The first kappa shape index (κ1) is 31.7. The minimum absolute atomic E-state index is 0.131. The van der Waals surface area contributed by atoms with Crippen LogP contribution in [0.25, 0.3) is 0 Å². The largest absolute Gasteiger partial charge is 0.546 e. The fraction of sp³-hybridized carbons (Fsp3) is 0.615. The topological polar surface area (TPSA) is 150 Å². The molecule has 0 bridgehead atoms. The predicted molar refractivity (Wildman–Crippen MR) is 162 cm³/mol. The number of nitrogens with one attached hydrogen (secondary N) is 2. The highest BCUT2D eigenvalue weighted by Crippen LogP contribution is 2.43. The van der Waals surface area contributed by atoms with Crippen LogP contribution < -0.4 is 10.6 Å². The maximum Gasteiger partial charge on any atom is 0.255 e. The average Bonchev–Trinajstić information content (AvgIpc) is 3.60. The van der Waals surface area contributed by atoms with Gasteiger partial charge in [0.05, 0.1) is 18.0 Å². The van der Waals surface area contributed by atoms with Gasteiger partial charge in [-0.05, 0) is 49.9 Å². The molecule has 1 unspecified atom stereocenters. The number of aromatic nitrogens is 2. The summed E-state index contributed by atoms with van der Waals surface area (Å²) in [6.45, 7) is 11.8. The third kappa shape index (κ3) is 7.77. The second-order valence-electron chi connectivity index (χ2n) is 11.7. The molecule has 3 aromatic rings. The molecule has 0 saturated carbocycles. The van der Waals surface area contributed by atoms with Gasteiger partial charge >= 0.3 is 0 Å². The van der Waals surface area contributed by atoms with Crippen molar-refractivity contribution >= 4 is 49.8 Å². The Morgan fingerprint density at radius 3 is 2.54 bits per heavy atom. The molecule has 4 rings (SSSR count). The molecule has 1 saturated heterocycles. The molecule has 3 N–H and O–H groups in total. The van der Waals surface area contributed by atoms with Crippen LogP contribution in [0, 0.1) is 5.41 Å². The minimum atomic E-state index is -3.83. The van der Waals surface area contributed by atoms with Crippen LogP contribution in [0.5, 0.6) is 5.75 Å². The molecule has 0 spiro atoms. The van der Waals surface area contributed by atoms with E-state index >= 15 is 0 Å². The molecule has 4 heterocycles. The minimum Gasteiger partial charge on any atom is -0.546 e. The molecular weight excluding hydrogens is 587 g/mol. The summed E-state index contributed by atoms with van der Waals surface area (Å²) in [5, 5.41) is 18.3. The lowest BCUT2D eigenvalue weighted by atomic mass is 9.85. The van der Waals surface area contributed by atoms with Crippen molar-refractivity contribution in [2.45, 2.75) is 50.3 Å². The van der Waals surface area contributed by atoms with Gasteiger partial charge in [0.25, 0.3) is 10.0 Å². The quantitative estimate of drug-likeness (QED) is 0.195. The van der Waals surface area contributed by atoms with Gasteiger partial charge in [-0.2, -0.15) is 0 Å². The summed E-state index contributed by atoms with van der Waals surface area (Å²) in [4.78, 5) is 4.89. The molecule has 228 valence electrons. The van der Waals surface area contributed by atoms with Gasteiger partial charge < -0.3 is 34.5 Å². The van der Waals surface area contributed by atoms with E-state index in [0.717, 1.165) is 79.0 Å². The molecule has 0 radical (unpaired) electrons. The number of furan rings is 1. The number of rotatable bonds is 12. The Hall–Kier alpha value is -2.27. The van der Waals surface area contributed by atoms with Gasteiger partial charge in [0, 0.05) is 54.4 Å². The number of thiophene rings is 1. The van der Waals surface area contributed by atoms with E-state index in [0.29, 0.717) is 0 Å². The SMILES string of the molecule is CN1CCN(CCCCc2coc([C@H](Nc3n[s+]([O-])nc3Nc3csc(S(=O)(=O)N(C)C)c3O)C(C)(C)C)c2)CC1. The molecule has 0 amide bonds. The Morgan fingerprint density at radius 2 is 1.88 bits per heavy atom. The number of unbranched alkanes of at least 4 members (excludes halogenated alkanes) is 1. The molecule has 2 atom stereocenters. The zero-order chi connectivity index (χ0) is 29.9. The Morgan fingerprint density at radius 1 is 1.20 bits per heavy atom. The molecule has 1 aliphatic rings. The van der Waals surface area contributed by atoms with Crippen molar-refractivity contribution in [1.82, 2.24) is 22.9 Å². The van der Waals surface area contributed by atoms with Gasteiger partial charge in [-0.1, -0.05) is 20.8 Å². The first-order valence-electron chi connectivity index (χ1n) is 13.6. The molecule has 0 aliphatic carbocycles. The maximum absolute atomic E-state index is 12.5. The molecule has 41 heavy (non-hydrogen) atoms. The zero-order valence-corrected chi connectivity index (χ0v) is 27.0. The molecule has 1 fully saturated rings. The van der Waals surface area contributed by atoms with Crippen molar-refractivity contribution in [1.29, 1.82) is 0 Å². The second-order valence-corrected chi connectivity index (χ2v) is 15.8. The molecular formula is C26H41N7O5S3. The highest BCUT2D eigenvalue weighted by molar-refractivity contribution is 7.91. The van der Waals surface area contributed by atoms with E-state index in [1.165, 1.54) is 19.5 Å². The van der Waals surface area contributed by atoms with Gasteiger partial charge in [0.15, 0.2) is 21.1 Å². The average molecular weight is 628 g/mol. The van der Waals surface area contributed by atoms with Crippen molar-refractivity contribution in [2.75, 3.05) is 64.5 Å². The summed E-state index contributed by atoms with van der Waals surface area (Å²) in [6, 6.07) is 1.72. The smallest absolute Gasteiger partial charge is 0.255 e. The lowest BCUT2D eigenvalue weighted by Gasteiger charge is -2.32. The molecule has 15 heteroatoms. The predicted octanol–water partition coefficient (Wildman–Crippen LogP) is 4.33. The fourth-order valence-electron chi connectivity index (χ4n) is 4.60. The Bertz CT molecular complexity index is 1400. The summed E-state index contributed by atoms with van der Waals surface area (Å²) < 4.78 is 52.4. The summed E-state index contributed by atoms with van der Waals surface area (Å²) in [6.07, 6.45) is 4.92. The zero-order valence-electron chi connectivity index (χ0n) is 24.5. The van der Waals surface area contributed by atoms with Crippen LogP contribution in [0.1, 0.15) is 51.0 Å². The van der Waals surface area contributed by atoms with Crippen LogP contribution >= 0.6 is 22.5 Å². The van der Waals surface area contributed by atoms with Crippen molar-refractivity contribution in [2.24, 2.45) is 5.41 Å². The number of nitrogens with zero attached hydrogens (tertiary/aromatic N) is 5. The van der Waals surface area contributed by atoms with Crippen molar-refractivity contribution in [3.8, 4) is 5.75 Å². The summed E-state index contributed by atoms with van der Waals surface area (Å²) in [5.74, 6) is 0.661. The molecule has 1 aliphatic heterocycles. The number of anilines is 3. The van der Waals surface area contributed by atoms with E-state index < -0.39 is 26.9 Å². The normalized spacial score (nSPS) is 16.8. The molecule has 12 nitrogen and oxygen atoms in total. The summed E-state index contributed by atoms with van der Waals surface area (Å²) in [5.41, 5.74) is 0.939.